The van der Waals surface area contributed by atoms with Crippen LogP contribution in [0.4, 0.5) is 16.2 Å². The van der Waals surface area contributed by atoms with Crippen LogP contribution in [0.15, 0.2) is 41.5 Å². The minimum absolute atomic E-state index is 0.0162. The number of amides is 2. The summed E-state index contributed by atoms with van der Waals surface area (Å²) in [5.41, 5.74) is 1.88. The molecule has 1 fully saturated rings. The number of ether oxygens (including phenoxy) is 1. The second kappa shape index (κ2) is 9.60. The number of carbonyl (C=O) groups excluding carboxylic acids is 1. The molecule has 34 heavy (non-hydrogen) atoms. The van der Waals surface area contributed by atoms with Crippen molar-refractivity contribution < 1.29 is 19.4 Å². The van der Waals surface area contributed by atoms with E-state index in [4.69, 9.17) is 21.3 Å². The Morgan fingerprint density at radius 3 is 2.79 bits per heavy atom. The van der Waals surface area contributed by atoms with Crippen LogP contribution in [-0.2, 0) is 15.1 Å². The highest BCUT2D eigenvalue weighted by atomic mass is 35.5. The van der Waals surface area contributed by atoms with E-state index in [9.17, 15) is 14.7 Å². The molecular formula is C24H28ClN5O4. The molecule has 9 nitrogen and oxygen atoms in total. The topological polar surface area (TPSA) is 116 Å². The predicted molar refractivity (Wildman–Crippen MR) is 130 cm³/mol. The maximum absolute atomic E-state index is 13.4. The molecule has 1 saturated heterocycles. The largest absolute Gasteiger partial charge is 0.465 e. The molecule has 3 heterocycles. The molecule has 180 valence electrons. The number of carbonyl (C=O) groups is 2. The third-order valence-electron chi connectivity index (χ3n) is 6.16. The van der Waals surface area contributed by atoms with Crippen LogP contribution in [0.5, 0.6) is 0 Å². The standard InChI is InChI=1S/C24H28ClN5O4/c1-14-7-8-16(13-26-14)27-19-6-4-5-18(21(19)25)24(3)12-20(31)30(22(29-24)28-23(32)33)17-9-10-34-15(2)11-17/h4-8,13,15,17,27H,9-12H2,1-3H3,(H,28,29)(H,32,33)/t15?,17?,24-/m0/s1. The van der Waals surface area contributed by atoms with E-state index in [1.54, 1.807) is 13.1 Å². The molecule has 2 unspecified atom stereocenters. The van der Waals surface area contributed by atoms with Gasteiger partial charge in [-0.05, 0) is 51.8 Å². The van der Waals surface area contributed by atoms with Gasteiger partial charge in [-0.3, -0.25) is 20.0 Å². The highest BCUT2D eigenvalue weighted by Crippen LogP contribution is 2.41. The van der Waals surface area contributed by atoms with Gasteiger partial charge in [0.2, 0.25) is 11.9 Å². The molecular weight excluding hydrogens is 458 g/mol. The summed E-state index contributed by atoms with van der Waals surface area (Å²) < 4.78 is 5.60. The lowest BCUT2D eigenvalue weighted by atomic mass is 9.86. The molecule has 10 heteroatoms. The zero-order valence-corrected chi connectivity index (χ0v) is 20.1. The Morgan fingerprint density at radius 2 is 2.12 bits per heavy atom. The molecule has 3 atom stereocenters. The number of anilines is 2. The Morgan fingerprint density at radius 1 is 1.32 bits per heavy atom. The van der Waals surface area contributed by atoms with Gasteiger partial charge in [-0.1, -0.05) is 23.7 Å². The fourth-order valence-corrected chi connectivity index (χ4v) is 4.87. The van der Waals surface area contributed by atoms with Crippen molar-refractivity contribution >= 4 is 40.9 Å². The van der Waals surface area contributed by atoms with Gasteiger partial charge < -0.3 is 15.2 Å². The molecule has 2 aromatic rings. The molecule has 0 saturated carbocycles. The lowest BCUT2D eigenvalue weighted by Gasteiger charge is -2.42. The van der Waals surface area contributed by atoms with E-state index in [-0.39, 0.29) is 30.4 Å². The average Bonchev–Trinajstić information content (AvgIpc) is 2.76. The number of nitrogens with one attached hydrogen (secondary N) is 2. The first kappa shape index (κ1) is 24.0. The average molecular weight is 486 g/mol. The summed E-state index contributed by atoms with van der Waals surface area (Å²) in [6.07, 6.45) is 1.67. The van der Waals surface area contributed by atoms with Crippen LogP contribution in [0.3, 0.4) is 0 Å². The number of aromatic nitrogens is 1. The summed E-state index contributed by atoms with van der Waals surface area (Å²) in [5, 5.41) is 15.5. The van der Waals surface area contributed by atoms with Crippen molar-refractivity contribution in [2.75, 3.05) is 11.9 Å². The lowest BCUT2D eigenvalue weighted by Crippen LogP contribution is -2.58. The summed E-state index contributed by atoms with van der Waals surface area (Å²) in [7, 11) is 0. The molecule has 3 N–H and O–H groups in total. The van der Waals surface area contributed by atoms with Gasteiger partial charge in [-0.25, -0.2) is 9.79 Å². The number of hydrogen-bond acceptors (Lipinski definition) is 6. The Hall–Kier alpha value is -3.17. The van der Waals surface area contributed by atoms with Gasteiger partial charge in [0.1, 0.15) is 0 Å². The van der Waals surface area contributed by atoms with E-state index in [1.807, 2.05) is 44.2 Å². The summed E-state index contributed by atoms with van der Waals surface area (Å²) in [4.78, 5) is 35.5. The normalized spacial score (nSPS) is 25.0. The zero-order valence-electron chi connectivity index (χ0n) is 19.3. The van der Waals surface area contributed by atoms with E-state index in [1.165, 1.54) is 4.90 Å². The molecule has 0 spiro atoms. The van der Waals surface area contributed by atoms with E-state index in [2.05, 4.69) is 15.6 Å². The number of nitrogens with zero attached hydrogens (tertiary/aromatic N) is 3. The summed E-state index contributed by atoms with van der Waals surface area (Å²) in [6.45, 7) is 6.13. The van der Waals surface area contributed by atoms with Crippen LogP contribution >= 0.6 is 11.6 Å². The zero-order chi connectivity index (χ0) is 24.5. The second-order valence-corrected chi connectivity index (χ2v) is 9.30. The molecule has 4 rings (SSSR count). The van der Waals surface area contributed by atoms with Crippen LogP contribution in [0, 0.1) is 6.92 Å². The highest BCUT2D eigenvalue weighted by Gasteiger charge is 2.43. The van der Waals surface area contributed by atoms with Crippen molar-refractivity contribution in [2.24, 2.45) is 4.99 Å². The number of pyridine rings is 1. The number of hydrogen-bond donors (Lipinski definition) is 3. The number of benzene rings is 1. The van der Waals surface area contributed by atoms with Crippen molar-refractivity contribution in [1.29, 1.82) is 0 Å². The fourth-order valence-electron chi connectivity index (χ4n) is 4.49. The summed E-state index contributed by atoms with van der Waals surface area (Å²) in [6, 6.07) is 9.06. The predicted octanol–water partition coefficient (Wildman–Crippen LogP) is 4.43. The van der Waals surface area contributed by atoms with Crippen LogP contribution in [0.25, 0.3) is 0 Å². The van der Waals surface area contributed by atoms with Crippen LogP contribution in [-0.4, -0.2) is 51.7 Å². The minimum atomic E-state index is -1.28. The van der Waals surface area contributed by atoms with Crippen molar-refractivity contribution in [1.82, 2.24) is 15.2 Å². The molecule has 2 amide bonds. The van der Waals surface area contributed by atoms with E-state index in [0.717, 1.165) is 11.4 Å². The van der Waals surface area contributed by atoms with Crippen molar-refractivity contribution in [3.63, 3.8) is 0 Å². The number of halogens is 1. The Balaban J connectivity index is 1.70. The number of rotatable bonds is 4. The van der Waals surface area contributed by atoms with Gasteiger partial charge in [0.05, 0.1) is 40.7 Å². The first-order chi connectivity index (χ1) is 16.2. The van der Waals surface area contributed by atoms with Crippen molar-refractivity contribution in [3.8, 4) is 0 Å². The fraction of sp³-hybridized carbons (Fsp3) is 0.417. The third kappa shape index (κ3) is 5.00. The third-order valence-corrected chi connectivity index (χ3v) is 6.56. The Labute approximate surface area is 203 Å². The Kier molecular flexibility index (Phi) is 6.77. The molecule has 1 aromatic heterocycles. The van der Waals surface area contributed by atoms with E-state index in [0.29, 0.717) is 35.7 Å². The van der Waals surface area contributed by atoms with Gasteiger partial charge in [0, 0.05) is 23.9 Å². The second-order valence-electron chi connectivity index (χ2n) is 8.92. The molecule has 0 bridgehead atoms. The summed E-state index contributed by atoms with van der Waals surface area (Å²) in [5.74, 6) is -0.194. The first-order valence-corrected chi connectivity index (χ1v) is 11.6. The number of guanidine groups is 1. The van der Waals surface area contributed by atoms with Crippen molar-refractivity contribution in [2.45, 2.75) is 57.7 Å². The minimum Gasteiger partial charge on any atom is -0.465 e. The summed E-state index contributed by atoms with van der Waals surface area (Å²) >= 11 is 6.79. The molecule has 1 aromatic carbocycles. The lowest BCUT2D eigenvalue weighted by molar-refractivity contribution is -0.133. The maximum atomic E-state index is 13.4. The van der Waals surface area contributed by atoms with Crippen LogP contribution in [0.2, 0.25) is 5.02 Å². The van der Waals surface area contributed by atoms with Gasteiger partial charge >= 0.3 is 6.09 Å². The van der Waals surface area contributed by atoms with E-state index < -0.39 is 11.6 Å². The van der Waals surface area contributed by atoms with Gasteiger partial charge in [0.15, 0.2) is 0 Å². The van der Waals surface area contributed by atoms with E-state index >= 15 is 0 Å². The van der Waals surface area contributed by atoms with Gasteiger partial charge in [-0.2, -0.15) is 0 Å². The smallest absolute Gasteiger partial charge is 0.411 e. The molecule has 0 aliphatic carbocycles. The SMILES string of the molecule is Cc1ccc(Nc2cccc([C@]3(C)CC(=O)N(C4CCOC(C)C4)C(NC(=O)O)=N3)c2Cl)cn1. The number of carboxylic acid groups (broad SMARTS) is 1. The van der Waals surface area contributed by atoms with Crippen LogP contribution < -0.4 is 10.6 Å². The molecule has 2 aliphatic heterocycles. The van der Waals surface area contributed by atoms with Gasteiger partial charge in [-0.15, -0.1) is 0 Å². The number of aryl methyl sites for hydroxylation is 1. The van der Waals surface area contributed by atoms with Crippen molar-refractivity contribution in [3.05, 3.63) is 52.8 Å². The molecule has 2 aliphatic rings. The van der Waals surface area contributed by atoms with Gasteiger partial charge in [0.25, 0.3) is 0 Å². The van der Waals surface area contributed by atoms with Crippen LogP contribution in [0.1, 0.15) is 44.4 Å². The molecule has 0 radical (unpaired) electrons. The number of aliphatic imine (C=N–C) groups is 1. The first-order valence-electron chi connectivity index (χ1n) is 11.2. The Bertz CT molecular complexity index is 1120. The quantitative estimate of drug-likeness (QED) is 0.590. The maximum Gasteiger partial charge on any atom is 0.411 e. The monoisotopic (exact) mass is 485 g/mol. The highest BCUT2D eigenvalue weighted by molar-refractivity contribution is 6.34.